The van der Waals surface area contributed by atoms with Crippen molar-refractivity contribution in [1.29, 1.82) is 0 Å². The smallest absolute Gasteiger partial charge is 0.165 e. The maximum Gasteiger partial charge on any atom is 0.165 e. The topological polar surface area (TPSA) is 98.6 Å². The Bertz CT molecular complexity index is 1270. The molecule has 8 heteroatoms. The first-order valence-electron chi connectivity index (χ1n) is 11.0. The lowest BCUT2D eigenvalue weighted by atomic mass is 9.78. The van der Waals surface area contributed by atoms with Crippen LogP contribution in [0.1, 0.15) is 37.3 Å². The summed E-state index contributed by atoms with van der Waals surface area (Å²) in [7, 11) is 1.62. The SMILES string of the molecule is COCC1(O)CCC(c2nc3c(-c4ccc(-c5ccccc5)nc4)cnn3c(N)c2Br)CC1. The molecule has 0 bridgehead atoms. The molecule has 0 amide bonds. The molecule has 170 valence electrons. The minimum Gasteiger partial charge on any atom is -0.387 e. The van der Waals surface area contributed by atoms with Gasteiger partial charge in [-0.1, -0.05) is 36.4 Å². The van der Waals surface area contributed by atoms with Gasteiger partial charge in [-0.05, 0) is 47.7 Å². The summed E-state index contributed by atoms with van der Waals surface area (Å²) in [5.74, 6) is 0.720. The first-order valence-corrected chi connectivity index (χ1v) is 11.8. The molecule has 0 spiro atoms. The summed E-state index contributed by atoms with van der Waals surface area (Å²) < 4.78 is 7.64. The number of rotatable bonds is 5. The molecule has 33 heavy (non-hydrogen) atoms. The molecular weight excluding hydrogens is 482 g/mol. The molecule has 0 atom stereocenters. The number of halogens is 1. The highest BCUT2D eigenvalue weighted by Gasteiger charge is 2.35. The van der Waals surface area contributed by atoms with Gasteiger partial charge in [0.15, 0.2) is 5.65 Å². The van der Waals surface area contributed by atoms with Crippen LogP contribution in [-0.4, -0.2) is 44.0 Å². The molecule has 1 aliphatic rings. The zero-order chi connectivity index (χ0) is 23.0. The number of hydrogen-bond donors (Lipinski definition) is 2. The predicted molar refractivity (Wildman–Crippen MR) is 132 cm³/mol. The number of nitrogens with zero attached hydrogens (tertiary/aromatic N) is 4. The molecule has 1 saturated carbocycles. The second kappa shape index (κ2) is 8.85. The van der Waals surface area contributed by atoms with Crippen LogP contribution in [0.25, 0.3) is 28.0 Å². The molecule has 0 saturated heterocycles. The van der Waals surface area contributed by atoms with Gasteiger partial charge in [0.1, 0.15) is 5.82 Å². The van der Waals surface area contributed by atoms with Crippen molar-refractivity contribution in [3.05, 3.63) is 65.0 Å². The van der Waals surface area contributed by atoms with Crippen LogP contribution in [0.5, 0.6) is 0 Å². The van der Waals surface area contributed by atoms with E-state index in [1.54, 1.807) is 17.8 Å². The number of nitrogen functional groups attached to an aromatic ring is 1. The quantitative estimate of drug-likeness (QED) is 0.401. The van der Waals surface area contributed by atoms with Crippen molar-refractivity contribution in [2.45, 2.75) is 37.2 Å². The van der Waals surface area contributed by atoms with Gasteiger partial charge in [-0.25, -0.2) is 4.98 Å². The fraction of sp³-hybridized carbons (Fsp3) is 0.320. The van der Waals surface area contributed by atoms with E-state index < -0.39 is 5.60 Å². The number of fused-ring (bicyclic) bond motifs is 1. The molecule has 3 aromatic heterocycles. The lowest BCUT2D eigenvalue weighted by Gasteiger charge is -2.35. The number of benzene rings is 1. The van der Waals surface area contributed by atoms with Gasteiger partial charge in [0.25, 0.3) is 0 Å². The number of aromatic nitrogens is 4. The summed E-state index contributed by atoms with van der Waals surface area (Å²) in [4.78, 5) is 9.66. The lowest BCUT2D eigenvalue weighted by Crippen LogP contribution is -2.38. The molecular formula is C25H26BrN5O2. The van der Waals surface area contributed by atoms with Crippen LogP contribution < -0.4 is 5.73 Å². The van der Waals surface area contributed by atoms with Crippen LogP contribution in [-0.2, 0) is 4.74 Å². The highest BCUT2D eigenvalue weighted by molar-refractivity contribution is 9.10. The van der Waals surface area contributed by atoms with Crippen molar-refractivity contribution in [1.82, 2.24) is 19.6 Å². The van der Waals surface area contributed by atoms with E-state index in [1.165, 1.54) is 0 Å². The monoisotopic (exact) mass is 507 g/mol. The van der Waals surface area contributed by atoms with Crippen LogP contribution in [0.4, 0.5) is 5.82 Å². The predicted octanol–water partition coefficient (Wildman–Crippen LogP) is 4.84. The fourth-order valence-corrected chi connectivity index (χ4v) is 5.24. The van der Waals surface area contributed by atoms with Gasteiger partial charge >= 0.3 is 0 Å². The number of nitrogens with two attached hydrogens (primary N) is 1. The van der Waals surface area contributed by atoms with Crippen molar-refractivity contribution < 1.29 is 9.84 Å². The van der Waals surface area contributed by atoms with E-state index in [2.05, 4.69) is 26.0 Å². The second-order valence-corrected chi connectivity index (χ2v) is 9.51. The normalized spacial score (nSPS) is 20.9. The Hall–Kier alpha value is -2.81. The molecule has 3 N–H and O–H groups in total. The van der Waals surface area contributed by atoms with Gasteiger partial charge in [-0.2, -0.15) is 9.61 Å². The average Bonchev–Trinajstić information content (AvgIpc) is 3.27. The molecule has 1 fully saturated rings. The van der Waals surface area contributed by atoms with Crippen molar-refractivity contribution in [3.8, 4) is 22.4 Å². The number of pyridine rings is 1. The van der Waals surface area contributed by atoms with Crippen molar-refractivity contribution in [3.63, 3.8) is 0 Å². The third kappa shape index (κ3) is 4.14. The van der Waals surface area contributed by atoms with Crippen molar-refractivity contribution in [2.75, 3.05) is 19.5 Å². The highest BCUT2D eigenvalue weighted by atomic mass is 79.9. The minimum atomic E-state index is -0.763. The van der Waals surface area contributed by atoms with Gasteiger partial charge in [0, 0.05) is 35.9 Å². The molecule has 4 aromatic rings. The third-order valence-corrected chi connectivity index (χ3v) is 7.32. The molecule has 1 aliphatic carbocycles. The minimum absolute atomic E-state index is 0.199. The zero-order valence-corrected chi connectivity index (χ0v) is 20.0. The maximum atomic E-state index is 10.7. The van der Waals surface area contributed by atoms with E-state index in [9.17, 15) is 5.11 Å². The largest absolute Gasteiger partial charge is 0.387 e. The van der Waals surface area contributed by atoms with Gasteiger partial charge < -0.3 is 15.6 Å². The summed E-state index contributed by atoms with van der Waals surface area (Å²) in [6, 6.07) is 14.1. The molecule has 5 rings (SSSR count). The molecule has 3 heterocycles. The van der Waals surface area contributed by atoms with E-state index in [1.807, 2.05) is 48.7 Å². The van der Waals surface area contributed by atoms with E-state index >= 15 is 0 Å². The van der Waals surface area contributed by atoms with Crippen LogP contribution in [0.3, 0.4) is 0 Å². The number of hydrogen-bond acceptors (Lipinski definition) is 6. The van der Waals surface area contributed by atoms with Crippen molar-refractivity contribution in [2.24, 2.45) is 0 Å². The Morgan fingerprint density at radius 2 is 1.88 bits per heavy atom. The number of anilines is 1. The van der Waals surface area contributed by atoms with Crippen LogP contribution in [0.15, 0.2) is 59.3 Å². The number of ether oxygens (including phenoxy) is 1. The Morgan fingerprint density at radius 1 is 1.12 bits per heavy atom. The number of methoxy groups -OCH3 is 1. The summed E-state index contributed by atoms with van der Waals surface area (Å²) in [6.45, 7) is 0.355. The van der Waals surface area contributed by atoms with Crippen LogP contribution in [0.2, 0.25) is 0 Å². The summed E-state index contributed by atoms with van der Waals surface area (Å²) in [6.07, 6.45) is 6.61. The molecule has 1 aromatic carbocycles. The van der Waals surface area contributed by atoms with Gasteiger partial charge in [-0.3, -0.25) is 4.98 Å². The van der Waals surface area contributed by atoms with Crippen LogP contribution in [0, 0.1) is 0 Å². The van der Waals surface area contributed by atoms with E-state index in [4.69, 9.17) is 15.5 Å². The zero-order valence-electron chi connectivity index (χ0n) is 18.4. The Balaban J connectivity index is 1.49. The average molecular weight is 508 g/mol. The van der Waals surface area contributed by atoms with Gasteiger partial charge in [0.05, 0.1) is 34.3 Å². The summed E-state index contributed by atoms with van der Waals surface area (Å²) in [5, 5.41) is 15.2. The molecule has 0 aliphatic heterocycles. The Labute approximate surface area is 200 Å². The second-order valence-electron chi connectivity index (χ2n) is 8.72. The van der Waals surface area contributed by atoms with E-state index in [0.29, 0.717) is 30.9 Å². The maximum absolute atomic E-state index is 10.7. The number of aliphatic hydroxyl groups is 1. The standard InChI is InChI=1S/C25H26BrN5O2/c1-33-15-25(32)11-9-17(10-12-25)22-21(26)23(27)31-24(30-22)19(14-29-31)18-7-8-20(28-13-18)16-5-3-2-4-6-16/h2-8,13-14,17,32H,9-12,15,27H2,1H3. The fourth-order valence-electron chi connectivity index (χ4n) is 4.66. The Morgan fingerprint density at radius 3 is 2.55 bits per heavy atom. The first-order chi connectivity index (χ1) is 16.0. The Kier molecular flexibility index (Phi) is 5.90. The van der Waals surface area contributed by atoms with Gasteiger partial charge in [-0.15, -0.1) is 0 Å². The van der Waals surface area contributed by atoms with E-state index in [-0.39, 0.29) is 5.92 Å². The molecule has 7 nitrogen and oxygen atoms in total. The first kappa shape index (κ1) is 22.0. The van der Waals surface area contributed by atoms with E-state index in [0.717, 1.165) is 45.4 Å². The third-order valence-electron chi connectivity index (χ3n) is 6.51. The van der Waals surface area contributed by atoms with Crippen LogP contribution >= 0.6 is 15.9 Å². The highest BCUT2D eigenvalue weighted by Crippen LogP contribution is 2.42. The lowest BCUT2D eigenvalue weighted by molar-refractivity contribution is -0.0590. The van der Waals surface area contributed by atoms with Gasteiger partial charge in [0.2, 0.25) is 0 Å². The molecule has 0 radical (unpaired) electrons. The summed E-state index contributed by atoms with van der Waals surface area (Å²) in [5.41, 5.74) is 11.1. The van der Waals surface area contributed by atoms with Crippen molar-refractivity contribution >= 4 is 27.4 Å². The molecule has 0 unspecified atom stereocenters. The summed E-state index contributed by atoms with van der Waals surface area (Å²) >= 11 is 3.65.